The first-order chi connectivity index (χ1) is 13.1. The molecule has 0 unspecified atom stereocenters. The lowest BCUT2D eigenvalue weighted by molar-refractivity contribution is -0.131. The third kappa shape index (κ3) is 5.09. The van der Waals surface area contributed by atoms with Gasteiger partial charge >= 0.3 is 5.63 Å². The Balaban J connectivity index is 2.00. The number of carbonyl (C=O) groups is 3. The maximum Gasteiger partial charge on any atom is 0.343 e. The van der Waals surface area contributed by atoms with Gasteiger partial charge in [0.05, 0.1) is 31.8 Å². The van der Waals surface area contributed by atoms with E-state index in [1.165, 1.54) is 20.3 Å². The molecule has 2 aromatic rings. The molecule has 0 bridgehead atoms. The van der Waals surface area contributed by atoms with Gasteiger partial charge in [-0.25, -0.2) is 4.79 Å². The zero-order chi connectivity index (χ0) is 20.9. The van der Waals surface area contributed by atoms with E-state index in [1.807, 2.05) is 0 Å². The number of carbonyl (C=O) groups excluding carboxylic acids is 3. The summed E-state index contributed by atoms with van der Waals surface area (Å²) < 4.78 is 10.1. The number of hydrogen-bond donors (Lipinski definition) is 3. The fraction of sp³-hybridized carbons (Fsp3) is 0.368. The molecule has 0 fully saturated rings. The van der Waals surface area contributed by atoms with Crippen molar-refractivity contribution in [2.75, 3.05) is 13.8 Å². The van der Waals surface area contributed by atoms with Crippen molar-refractivity contribution in [3.63, 3.8) is 0 Å². The van der Waals surface area contributed by atoms with Crippen LogP contribution in [0.2, 0.25) is 0 Å². The van der Waals surface area contributed by atoms with E-state index in [4.69, 9.17) is 9.15 Å². The molecule has 0 radical (unpaired) electrons. The first-order valence-corrected chi connectivity index (χ1v) is 8.56. The van der Waals surface area contributed by atoms with Gasteiger partial charge in [0.15, 0.2) is 0 Å². The number of nitrogens with one attached hydrogen (secondary N) is 3. The van der Waals surface area contributed by atoms with E-state index in [1.54, 1.807) is 32.0 Å². The minimum atomic E-state index is -1.10. The van der Waals surface area contributed by atoms with E-state index in [0.29, 0.717) is 22.1 Å². The summed E-state index contributed by atoms with van der Waals surface area (Å²) in [7, 11) is 1.49. The van der Waals surface area contributed by atoms with Crippen LogP contribution in [0, 0.1) is 0 Å². The Kier molecular flexibility index (Phi) is 6.40. The van der Waals surface area contributed by atoms with E-state index in [0.717, 1.165) is 0 Å². The average Bonchev–Trinajstić information content (AvgIpc) is 2.62. The van der Waals surface area contributed by atoms with Crippen LogP contribution < -0.4 is 26.3 Å². The molecule has 3 N–H and O–H groups in total. The van der Waals surface area contributed by atoms with Crippen molar-refractivity contribution in [1.29, 1.82) is 0 Å². The van der Waals surface area contributed by atoms with Crippen molar-refractivity contribution >= 4 is 28.5 Å². The maximum absolute atomic E-state index is 12.2. The lowest BCUT2D eigenvalue weighted by atomic mass is 10.0. The zero-order valence-electron chi connectivity index (χ0n) is 16.2. The lowest BCUT2D eigenvalue weighted by Crippen LogP contribution is -2.55. The second-order valence-electron chi connectivity index (χ2n) is 6.73. The quantitative estimate of drug-likeness (QED) is 0.590. The smallest absolute Gasteiger partial charge is 0.343 e. The monoisotopic (exact) mass is 389 g/mol. The molecular formula is C19H23N3O6. The van der Waals surface area contributed by atoms with Gasteiger partial charge in [-0.05, 0) is 31.4 Å². The van der Waals surface area contributed by atoms with Gasteiger partial charge in [-0.1, -0.05) is 6.07 Å². The van der Waals surface area contributed by atoms with Crippen LogP contribution in [-0.2, 0) is 20.8 Å². The van der Waals surface area contributed by atoms with Gasteiger partial charge in [-0.2, -0.15) is 0 Å². The van der Waals surface area contributed by atoms with Crippen LogP contribution in [0.3, 0.4) is 0 Å². The van der Waals surface area contributed by atoms with Crippen LogP contribution in [0.1, 0.15) is 26.3 Å². The standard InChI is InChI=1S/C19H23N3O6/c1-11(23)22-19(2,3)18(26)21-10-20-16(24)7-12-9-28-17(25)15-8-13(27-4)5-6-14(12)15/h5-6,8-9H,7,10H2,1-4H3,(H,20,24)(H,21,26)(H,22,23). The number of amides is 3. The maximum atomic E-state index is 12.2. The summed E-state index contributed by atoms with van der Waals surface area (Å²) in [5.41, 5.74) is -1.10. The van der Waals surface area contributed by atoms with Crippen molar-refractivity contribution in [2.45, 2.75) is 32.7 Å². The highest BCUT2D eigenvalue weighted by Crippen LogP contribution is 2.21. The first kappa shape index (κ1) is 20.9. The van der Waals surface area contributed by atoms with Gasteiger partial charge in [0.1, 0.15) is 11.3 Å². The van der Waals surface area contributed by atoms with E-state index < -0.39 is 17.1 Å². The van der Waals surface area contributed by atoms with E-state index in [-0.39, 0.29) is 24.9 Å². The molecule has 0 saturated heterocycles. The van der Waals surface area contributed by atoms with E-state index in [2.05, 4.69) is 16.0 Å². The van der Waals surface area contributed by atoms with Gasteiger partial charge < -0.3 is 25.1 Å². The number of benzene rings is 1. The van der Waals surface area contributed by atoms with E-state index in [9.17, 15) is 19.2 Å². The van der Waals surface area contributed by atoms with Gasteiger partial charge in [0, 0.05) is 12.5 Å². The Bertz CT molecular complexity index is 964. The number of rotatable bonds is 7. The molecule has 2 rings (SSSR count). The normalized spacial score (nSPS) is 11.0. The molecule has 28 heavy (non-hydrogen) atoms. The summed E-state index contributed by atoms with van der Waals surface area (Å²) in [6, 6.07) is 4.92. The molecule has 0 saturated carbocycles. The largest absolute Gasteiger partial charge is 0.497 e. The molecule has 150 valence electrons. The summed E-state index contributed by atoms with van der Waals surface area (Å²) >= 11 is 0. The highest BCUT2D eigenvalue weighted by Gasteiger charge is 2.27. The third-order valence-corrected chi connectivity index (χ3v) is 4.04. The minimum Gasteiger partial charge on any atom is -0.497 e. The van der Waals surface area contributed by atoms with Crippen molar-refractivity contribution in [2.24, 2.45) is 0 Å². The molecule has 0 aliphatic rings. The fourth-order valence-corrected chi connectivity index (χ4v) is 2.66. The number of methoxy groups -OCH3 is 1. The van der Waals surface area contributed by atoms with Crippen LogP contribution in [0.15, 0.2) is 33.7 Å². The molecule has 1 aromatic carbocycles. The summed E-state index contributed by atoms with van der Waals surface area (Å²) in [4.78, 5) is 47.3. The fourth-order valence-electron chi connectivity index (χ4n) is 2.66. The number of fused-ring (bicyclic) bond motifs is 1. The van der Waals surface area contributed by atoms with Crippen molar-refractivity contribution in [3.8, 4) is 5.75 Å². The Morgan fingerprint density at radius 1 is 1.14 bits per heavy atom. The second-order valence-corrected chi connectivity index (χ2v) is 6.73. The van der Waals surface area contributed by atoms with Crippen LogP contribution in [0.4, 0.5) is 0 Å². The summed E-state index contributed by atoms with van der Waals surface area (Å²) in [5, 5.41) is 8.51. The van der Waals surface area contributed by atoms with Crippen molar-refractivity contribution in [1.82, 2.24) is 16.0 Å². The molecule has 0 aliphatic carbocycles. The van der Waals surface area contributed by atoms with Crippen molar-refractivity contribution < 1.29 is 23.5 Å². The molecular weight excluding hydrogens is 366 g/mol. The third-order valence-electron chi connectivity index (χ3n) is 4.04. The second kappa shape index (κ2) is 8.55. The molecule has 0 spiro atoms. The SMILES string of the molecule is COc1ccc2c(CC(=O)NCNC(=O)C(C)(C)NC(C)=O)coc(=O)c2c1. The number of hydrogen-bond acceptors (Lipinski definition) is 6. The lowest BCUT2D eigenvalue weighted by Gasteiger charge is -2.24. The van der Waals surface area contributed by atoms with Gasteiger partial charge in [-0.3, -0.25) is 14.4 Å². The molecule has 9 heteroatoms. The average molecular weight is 389 g/mol. The predicted molar refractivity (Wildman–Crippen MR) is 102 cm³/mol. The Labute approximate surface area is 161 Å². The molecule has 0 aliphatic heterocycles. The molecule has 1 heterocycles. The van der Waals surface area contributed by atoms with Crippen LogP contribution in [0.25, 0.3) is 10.8 Å². The van der Waals surface area contributed by atoms with Gasteiger partial charge in [0.25, 0.3) is 0 Å². The van der Waals surface area contributed by atoms with Crippen LogP contribution in [-0.4, -0.2) is 37.0 Å². The van der Waals surface area contributed by atoms with Gasteiger partial charge in [-0.15, -0.1) is 0 Å². The highest BCUT2D eigenvalue weighted by molar-refractivity contribution is 5.91. The van der Waals surface area contributed by atoms with Crippen molar-refractivity contribution in [3.05, 3.63) is 40.4 Å². The number of ether oxygens (including phenoxy) is 1. The Morgan fingerprint density at radius 3 is 2.50 bits per heavy atom. The van der Waals surface area contributed by atoms with E-state index >= 15 is 0 Å². The Morgan fingerprint density at radius 2 is 1.86 bits per heavy atom. The summed E-state index contributed by atoms with van der Waals surface area (Å²) in [5.74, 6) is -0.640. The highest BCUT2D eigenvalue weighted by atomic mass is 16.5. The minimum absolute atomic E-state index is 0.0441. The topological polar surface area (TPSA) is 127 Å². The van der Waals surface area contributed by atoms with Gasteiger partial charge in [0.2, 0.25) is 17.7 Å². The van der Waals surface area contributed by atoms with Crippen LogP contribution in [0.5, 0.6) is 5.75 Å². The summed E-state index contributed by atoms with van der Waals surface area (Å²) in [6.07, 6.45) is 1.20. The summed E-state index contributed by atoms with van der Waals surface area (Å²) in [6.45, 7) is 4.31. The zero-order valence-corrected chi connectivity index (χ0v) is 16.2. The van der Waals surface area contributed by atoms with Crippen LogP contribution >= 0.6 is 0 Å². The molecule has 0 atom stereocenters. The molecule has 3 amide bonds. The Hall–Kier alpha value is -3.36. The molecule has 9 nitrogen and oxygen atoms in total. The predicted octanol–water partition coefficient (Wildman–Crippen LogP) is 0.449. The first-order valence-electron chi connectivity index (χ1n) is 8.56. The molecule has 1 aromatic heterocycles.